The van der Waals surface area contributed by atoms with Gasteiger partial charge in [-0.15, -0.1) is 0 Å². The molecule has 0 spiro atoms. The fourth-order valence-electron chi connectivity index (χ4n) is 1.79. The molecule has 1 aromatic carbocycles. The molecule has 5 nitrogen and oxygen atoms in total. The van der Waals surface area contributed by atoms with Crippen LogP contribution in [-0.2, 0) is 14.6 Å². The Morgan fingerprint density at radius 3 is 2.45 bits per heavy atom. The Bertz CT molecular complexity index is 484. The van der Waals surface area contributed by atoms with Crippen LogP contribution in [-0.4, -0.2) is 46.6 Å². The molecule has 0 aliphatic heterocycles. The number of aliphatic hydroxyl groups excluding tert-OH is 1. The van der Waals surface area contributed by atoms with Gasteiger partial charge in [0, 0.05) is 26.5 Å². The van der Waals surface area contributed by atoms with Gasteiger partial charge in [0.2, 0.25) is 0 Å². The molecule has 0 saturated heterocycles. The third-order valence-electron chi connectivity index (χ3n) is 2.98. The van der Waals surface area contributed by atoms with Crippen LogP contribution in [0.5, 0.6) is 0 Å². The predicted octanol–water partition coefficient (Wildman–Crippen LogP) is 1.14. The number of unbranched alkanes of at least 4 members (excludes halogenated alkanes) is 1. The summed E-state index contributed by atoms with van der Waals surface area (Å²) < 4.78 is 27.6. The SMILES string of the molecule is COCCCCNCC(O)c1ccc(S(C)(=O)=O)cc1. The minimum absolute atomic E-state index is 0.265. The molecule has 0 saturated carbocycles. The maximum absolute atomic E-state index is 11.3. The van der Waals surface area contributed by atoms with E-state index < -0.39 is 15.9 Å². The smallest absolute Gasteiger partial charge is 0.175 e. The lowest BCUT2D eigenvalue weighted by Gasteiger charge is -2.12. The van der Waals surface area contributed by atoms with E-state index in [9.17, 15) is 13.5 Å². The summed E-state index contributed by atoms with van der Waals surface area (Å²) >= 11 is 0. The molecule has 6 heteroatoms. The van der Waals surface area contributed by atoms with Gasteiger partial charge < -0.3 is 15.2 Å². The maximum Gasteiger partial charge on any atom is 0.175 e. The zero-order valence-electron chi connectivity index (χ0n) is 12.0. The highest BCUT2D eigenvalue weighted by Crippen LogP contribution is 2.15. The van der Waals surface area contributed by atoms with Gasteiger partial charge in [-0.2, -0.15) is 0 Å². The number of ether oxygens (including phenoxy) is 1. The molecular weight excluding hydrogens is 278 g/mol. The second-order valence-corrected chi connectivity index (χ2v) is 6.78. The van der Waals surface area contributed by atoms with E-state index in [0.29, 0.717) is 12.1 Å². The van der Waals surface area contributed by atoms with E-state index in [4.69, 9.17) is 4.74 Å². The summed E-state index contributed by atoms with van der Waals surface area (Å²) in [7, 11) is -1.51. The molecule has 0 radical (unpaired) electrons. The van der Waals surface area contributed by atoms with Gasteiger partial charge in [0.15, 0.2) is 9.84 Å². The summed E-state index contributed by atoms with van der Waals surface area (Å²) in [5.41, 5.74) is 0.710. The average Bonchev–Trinajstić information content (AvgIpc) is 2.41. The first-order valence-electron chi connectivity index (χ1n) is 6.63. The van der Waals surface area contributed by atoms with Crippen LogP contribution < -0.4 is 5.32 Å². The zero-order chi connectivity index (χ0) is 15.0. The Morgan fingerprint density at radius 1 is 1.25 bits per heavy atom. The van der Waals surface area contributed by atoms with Crippen molar-refractivity contribution >= 4 is 9.84 Å². The molecule has 0 bridgehead atoms. The van der Waals surface area contributed by atoms with Gasteiger partial charge in [0.05, 0.1) is 11.0 Å². The summed E-state index contributed by atoms with van der Waals surface area (Å²) in [6.07, 6.45) is 2.52. The van der Waals surface area contributed by atoms with Crippen LogP contribution in [0, 0.1) is 0 Å². The van der Waals surface area contributed by atoms with E-state index in [2.05, 4.69) is 5.32 Å². The Labute approximate surface area is 120 Å². The fourth-order valence-corrected chi connectivity index (χ4v) is 2.42. The van der Waals surface area contributed by atoms with Gasteiger partial charge in [-0.3, -0.25) is 0 Å². The highest BCUT2D eigenvalue weighted by molar-refractivity contribution is 7.90. The molecule has 2 N–H and O–H groups in total. The van der Waals surface area contributed by atoms with Gasteiger partial charge in [-0.05, 0) is 37.1 Å². The molecule has 1 aromatic rings. The lowest BCUT2D eigenvalue weighted by Crippen LogP contribution is -2.22. The largest absolute Gasteiger partial charge is 0.387 e. The van der Waals surface area contributed by atoms with Crippen LogP contribution in [0.25, 0.3) is 0 Å². The van der Waals surface area contributed by atoms with E-state index in [-0.39, 0.29) is 4.90 Å². The Kier molecular flexibility index (Phi) is 7.15. The summed E-state index contributed by atoms with van der Waals surface area (Å²) in [6, 6.07) is 6.33. The number of nitrogens with one attached hydrogen (secondary N) is 1. The van der Waals surface area contributed by atoms with Gasteiger partial charge in [-0.1, -0.05) is 12.1 Å². The number of benzene rings is 1. The number of methoxy groups -OCH3 is 1. The molecule has 0 aliphatic rings. The molecule has 1 atom stereocenters. The van der Waals surface area contributed by atoms with Gasteiger partial charge in [0.25, 0.3) is 0 Å². The summed E-state index contributed by atoms with van der Waals surface area (Å²) in [5.74, 6) is 0. The van der Waals surface area contributed by atoms with Crippen molar-refractivity contribution in [3.63, 3.8) is 0 Å². The Balaban J connectivity index is 2.38. The molecule has 0 amide bonds. The molecule has 0 aliphatic carbocycles. The fraction of sp³-hybridized carbons (Fsp3) is 0.571. The topological polar surface area (TPSA) is 75.6 Å². The highest BCUT2D eigenvalue weighted by Gasteiger charge is 2.10. The quantitative estimate of drug-likeness (QED) is 0.669. The predicted molar refractivity (Wildman–Crippen MR) is 78.5 cm³/mol. The van der Waals surface area contributed by atoms with Crippen LogP contribution in [0.1, 0.15) is 24.5 Å². The summed E-state index contributed by atoms with van der Waals surface area (Å²) in [5, 5.41) is 13.1. The van der Waals surface area contributed by atoms with Crippen LogP contribution in [0.2, 0.25) is 0 Å². The van der Waals surface area contributed by atoms with Crippen molar-refractivity contribution in [2.24, 2.45) is 0 Å². The second-order valence-electron chi connectivity index (χ2n) is 4.76. The normalized spacial score (nSPS) is 13.3. The first-order chi connectivity index (χ1) is 9.45. The first-order valence-corrected chi connectivity index (χ1v) is 8.52. The molecule has 0 heterocycles. The van der Waals surface area contributed by atoms with E-state index in [1.807, 2.05) is 0 Å². The third kappa shape index (κ3) is 6.00. The van der Waals surface area contributed by atoms with Crippen molar-refractivity contribution in [2.75, 3.05) is 33.1 Å². The highest BCUT2D eigenvalue weighted by atomic mass is 32.2. The zero-order valence-corrected chi connectivity index (χ0v) is 12.8. The Hall–Kier alpha value is -0.950. The Morgan fingerprint density at radius 2 is 1.90 bits per heavy atom. The van der Waals surface area contributed by atoms with Crippen LogP contribution in [0.3, 0.4) is 0 Å². The maximum atomic E-state index is 11.3. The van der Waals surface area contributed by atoms with Crippen molar-refractivity contribution < 1.29 is 18.3 Å². The minimum atomic E-state index is -3.18. The number of hydrogen-bond donors (Lipinski definition) is 2. The van der Waals surface area contributed by atoms with Gasteiger partial charge in [-0.25, -0.2) is 8.42 Å². The van der Waals surface area contributed by atoms with Gasteiger partial charge >= 0.3 is 0 Å². The van der Waals surface area contributed by atoms with Crippen molar-refractivity contribution in [3.8, 4) is 0 Å². The average molecular weight is 301 g/mol. The monoisotopic (exact) mass is 301 g/mol. The van der Waals surface area contributed by atoms with Crippen molar-refractivity contribution in [2.45, 2.75) is 23.8 Å². The van der Waals surface area contributed by atoms with Crippen molar-refractivity contribution in [1.29, 1.82) is 0 Å². The second kappa shape index (κ2) is 8.36. The van der Waals surface area contributed by atoms with E-state index >= 15 is 0 Å². The number of sulfone groups is 1. The standard InChI is InChI=1S/C14H23NO4S/c1-19-10-4-3-9-15-11-14(16)12-5-7-13(8-6-12)20(2,17)18/h5-8,14-16H,3-4,9-11H2,1-2H3. The van der Waals surface area contributed by atoms with Crippen LogP contribution in [0.4, 0.5) is 0 Å². The number of hydrogen-bond acceptors (Lipinski definition) is 5. The lowest BCUT2D eigenvalue weighted by atomic mass is 10.1. The van der Waals surface area contributed by atoms with Crippen LogP contribution in [0.15, 0.2) is 29.2 Å². The molecule has 20 heavy (non-hydrogen) atoms. The van der Waals surface area contributed by atoms with E-state index in [1.54, 1.807) is 19.2 Å². The van der Waals surface area contributed by atoms with Crippen molar-refractivity contribution in [1.82, 2.24) is 5.32 Å². The summed E-state index contributed by atoms with van der Waals surface area (Å²) in [6.45, 7) is 2.02. The molecule has 0 fully saturated rings. The molecular formula is C14H23NO4S. The lowest BCUT2D eigenvalue weighted by molar-refractivity contribution is 0.172. The summed E-state index contributed by atoms with van der Waals surface area (Å²) in [4.78, 5) is 0.265. The third-order valence-corrected chi connectivity index (χ3v) is 4.11. The molecule has 0 aromatic heterocycles. The van der Waals surface area contributed by atoms with Crippen molar-refractivity contribution in [3.05, 3.63) is 29.8 Å². The van der Waals surface area contributed by atoms with Gasteiger partial charge in [0.1, 0.15) is 0 Å². The molecule has 114 valence electrons. The van der Waals surface area contributed by atoms with E-state index in [0.717, 1.165) is 26.0 Å². The molecule has 1 unspecified atom stereocenters. The minimum Gasteiger partial charge on any atom is -0.387 e. The van der Waals surface area contributed by atoms with Crippen LogP contribution >= 0.6 is 0 Å². The number of rotatable bonds is 9. The molecule has 1 rings (SSSR count). The number of aliphatic hydroxyl groups is 1. The van der Waals surface area contributed by atoms with E-state index in [1.165, 1.54) is 18.4 Å². The first kappa shape index (κ1) is 17.1.